The number of azide groups is 1. The van der Waals surface area contributed by atoms with Crippen molar-refractivity contribution in [3.05, 3.63) is 10.4 Å². The first-order valence-corrected chi connectivity index (χ1v) is 4.04. The number of carbonyl (C=O) groups excluding carboxylic acids is 1. The van der Waals surface area contributed by atoms with Crippen molar-refractivity contribution in [2.45, 2.75) is 20.3 Å². The molecule has 0 aliphatic heterocycles. The van der Waals surface area contributed by atoms with Crippen molar-refractivity contribution >= 4 is 5.91 Å². The normalized spacial score (nSPS) is 9.58. The SMILES string of the molecule is CCN(CC)CCC(=O)N=[N+]=[N-]. The van der Waals surface area contributed by atoms with Crippen LogP contribution in [0, 0.1) is 0 Å². The number of carbonyl (C=O) groups is 1. The molecule has 0 atom stereocenters. The van der Waals surface area contributed by atoms with Crippen LogP contribution in [0.15, 0.2) is 5.11 Å². The van der Waals surface area contributed by atoms with E-state index in [9.17, 15) is 4.79 Å². The zero-order valence-electron chi connectivity index (χ0n) is 7.53. The van der Waals surface area contributed by atoms with Gasteiger partial charge in [0.15, 0.2) is 0 Å². The standard InChI is InChI=1S/C7H14N4O/c1-3-11(4-2)6-5-7(12)9-10-8/h3-6H2,1-2H3. The van der Waals surface area contributed by atoms with E-state index >= 15 is 0 Å². The second kappa shape index (κ2) is 6.64. The molecule has 5 nitrogen and oxygen atoms in total. The van der Waals surface area contributed by atoms with E-state index in [0.717, 1.165) is 13.1 Å². The lowest BCUT2D eigenvalue weighted by Crippen LogP contribution is -2.25. The molecule has 1 amide bonds. The van der Waals surface area contributed by atoms with Crippen molar-refractivity contribution in [2.24, 2.45) is 5.11 Å². The number of rotatable bonds is 5. The molecule has 0 unspecified atom stereocenters. The minimum absolute atomic E-state index is 0.311. The van der Waals surface area contributed by atoms with Crippen LogP contribution in [0.1, 0.15) is 20.3 Å². The third-order valence-corrected chi connectivity index (χ3v) is 1.69. The Hall–Kier alpha value is -1.06. The molecule has 0 aliphatic rings. The molecule has 0 aliphatic carbocycles. The highest BCUT2D eigenvalue weighted by atomic mass is 16.1. The summed E-state index contributed by atoms with van der Waals surface area (Å²) in [5, 5.41) is 2.98. The lowest BCUT2D eigenvalue weighted by atomic mass is 10.3. The molecule has 0 bridgehead atoms. The van der Waals surface area contributed by atoms with Crippen LogP contribution >= 0.6 is 0 Å². The first-order chi connectivity index (χ1) is 5.74. The van der Waals surface area contributed by atoms with Gasteiger partial charge in [-0.15, -0.1) is 0 Å². The highest BCUT2D eigenvalue weighted by Gasteiger charge is 2.02. The van der Waals surface area contributed by atoms with Crippen LogP contribution in [0.2, 0.25) is 0 Å². The van der Waals surface area contributed by atoms with Gasteiger partial charge < -0.3 is 4.90 Å². The molecular formula is C7H14N4O. The quantitative estimate of drug-likeness (QED) is 0.357. The third-order valence-electron chi connectivity index (χ3n) is 1.69. The average molecular weight is 170 g/mol. The summed E-state index contributed by atoms with van der Waals surface area (Å²) in [6.07, 6.45) is 0.311. The maximum atomic E-state index is 10.7. The Labute approximate surface area is 72.0 Å². The van der Waals surface area contributed by atoms with E-state index in [1.54, 1.807) is 0 Å². The molecule has 0 radical (unpaired) electrons. The fraction of sp³-hybridized carbons (Fsp3) is 0.857. The third kappa shape index (κ3) is 4.71. The number of hydrogen-bond acceptors (Lipinski definition) is 2. The molecule has 0 spiro atoms. The lowest BCUT2D eigenvalue weighted by Gasteiger charge is -2.16. The van der Waals surface area contributed by atoms with Crippen LogP contribution in [0.5, 0.6) is 0 Å². The van der Waals surface area contributed by atoms with Gasteiger partial charge in [0.05, 0.1) is 0 Å². The Morgan fingerprint density at radius 3 is 2.50 bits per heavy atom. The van der Waals surface area contributed by atoms with Crippen molar-refractivity contribution < 1.29 is 4.79 Å². The Bertz CT molecular complexity index is 182. The van der Waals surface area contributed by atoms with Crippen LogP contribution in [0.3, 0.4) is 0 Å². The molecule has 5 heteroatoms. The molecule has 0 rings (SSSR count). The highest BCUT2D eigenvalue weighted by Crippen LogP contribution is 1.92. The first kappa shape index (κ1) is 10.9. The van der Waals surface area contributed by atoms with Crippen LogP contribution in [-0.2, 0) is 4.79 Å². The number of nitrogens with zero attached hydrogens (tertiary/aromatic N) is 4. The Balaban J connectivity index is 3.65. The van der Waals surface area contributed by atoms with Crippen LogP contribution in [-0.4, -0.2) is 30.4 Å². The summed E-state index contributed by atoms with van der Waals surface area (Å²) in [4.78, 5) is 15.3. The fourth-order valence-electron chi connectivity index (χ4n) is 0.893. The smallest absolute Gasteiger partial charge is 0.220 e. The van der Waals surface area contributed by atoms with E-state index in [1.807, 2.05) is 13.8 Å². The summed E-state index contributed by atoms with van der Waals surface area (Å²) in [5.74, 6) is -0.385. The van der Waals surface area contributed by atoms with Gasteiger partial charge in [-0.25, -0.2) is 0 Å². The molecule has 0 fully saturated rings. The minimum Gasteiger partial charge on any atom is -0.303 e. The van der Waals surface area contributed by atoms with Crippen LogP contribution in [0.4, 0.5) is 0 Å². The zero-order valence-corrected chi connectivity index (χ0v) is 7.53. The van der Waals surface area contributed by atoms with Gasteiger partial charge in [0, 0.05) is 17.9 Å². The lowest BCUT2D eigenvalue weighted by molar-refractivity contribution is -0.118. The molecule has 12 heavy (non-hydrogen) atoms. The second-order valence-corrected chi connectivity index (χ2v) is 2.36. The van der Waals surface area contributed by atoms with Crippen molar-refractivity contribution in [2.75, 3.05) is 19.6 Å². The van der Waals surface area contributed by atoms with E-state index in [-0.39, 0.29) is 5.91 Å². The Morgan fingerprint density at radius 1 is 1.50 bits per heavy atom. The molecule has 0 aromatic rings. The zero-order chi connectivity index (χ0) is 9.40. The maximum Gasteiger partial charge on any atom is 0.220 e. The van der Waals surface area contributed by atoms with Crippen molar-refractivity contribution in [3.63, 3.8) is 0 Å². The molecule has 68 valence electrons. The van der Waals surface area contributed by atoms with E-state index in [4.69, 9.17) is 5.53 Å². The maximum absolute atomic E-state index is 10.7. The van der Waals surface area contributed by atoms with E-state index < -0.39 is 0 Å². The fourth-order valence-corrected chi connectivity index (χ4v) is 0.893. The predicted octanol–water partition coefficient (Wildman–Crippen LogP) is 1.56. The van der Waals surface area contributed by atoms with Crippen molar-refractivity contribution in [1.29, 1.82) is 0 Å². The van der Waals surface area contributed by atoms with E-state index in [0.29, 0.717) is 13.0 Å². The molecular weight excluding hydrogens is 156 g/mol. The van der Waals surface area contributed by atoms with Gasteiger partial charge in [-0.3, -0.25) is 4.79 Å². The van der Waals surface area contributed by atoms with Gasteiger partial charge in [0.1, 0.15) is 0 Å². The Morgan fingerprint density at radius 2 is 2.08 bits per heavy atom. The molecule has 0 aromatic heterocycles. The second-order valence-electron chi connectivity index (χ2n) is 2.36. The van der Waals surface area contributed by atoms with Gasteiger partial charge in [0.2, 0.25) is 5.91 Å². The average Bonchev–Trinajstić information content (AvgIpc) is 2.07. The predicted molar refractivity (Wildman–Crippen MR) is 46.6 cm³/mol. The van der Waals surface area contributed by atoms with E-state index in [2.05, 4.69) is 14.9 Å². The molecule has 0 aromatic carbocycles. The largest absolute Gasteiger partial charge is 0.303 e. The van der Waals surface area contributed by atoms with Crippen molar-refractivity contribution in [3.8, 4) is 0 Å². The molecule has 0 saturated carbocycles. The summed E-state index contributed by atoms with van der Waals surface area (Å²) < 4.78 is 0. The minimum atomic E-state index is -0.385. The topological polar surface area (TPSA) is 69.1 Å². The van der Waals surface area contributed by atoms with Gasteiger partial charge in [-0.05, 0) is 23.7 Å². The van der Waals surface area contributed by atoms with E-state index in [1.165, 1.54) is 0 Å². The van der Waals surface area contributed by atoms with Crippen LogP contribution < -0.4 is 0 Å². The monoisotopic (exact) mass is 170 g/mol. The first-order valence-electron chi connectivity index (χ1n) is 4.04. The summed E-state index contributed by atoms with van der Waals surface area (Å²) in [5.41, 5.74) is 7.94. The van der Waals surface area contributed by atoms with Gasteiger partial charge in [-0.2, -0.15) is 0 Å². The van der Waals surface area contributed by atoms with Gasteiger partial charge >= 0.3 is 0 Å². The number of amides is 1. The summed E-state index contributed by atoms with van der Waals surface area (Å²) in [6, 6.07) is 0. The molecule has 0 saturated heterocycles. The van der Waals surface area contributed by atoms with Gasteiger partial charge in [-0.1, -0.05) is 13.8 Å². The van der Waals surface area contributed by atoms with Gasteiger partial charge in [0.25, 0.3) is 0 Å². The van der Waals surface area contributed by atoms with Crippen LogP contribution in [0.25, 0.3) is 10.4 Å². The Kier molecular flexibility index (Phi) is 6.05. The van der Waals surface area contributed by atoms with Crippen molar-refractivity contribution in [1.82, 2.24) is 4.90 Å². The molecule has 0 N–H and O–H groups in total. The summed E-state index contributed by atoms with van der Waals surface area (Å²) in [7, 11) is 0. The summed E-state index contributed by atoms with van der Waals surface area (Å²) >= 11 is 0. The molecule has 0 heterocycles. The highest BCUT2D eigenvalue weighted by molar-refractivity contribution is 5.76. The number of hydrogen-bond donors (Lipinski definition) is 0. The summed E-state index contributed by atoms with van der Waals surface area (Å²) in [6.45, 7) is 6.56.